The molecule has 1 aliphatic heterocycles. The summed E-state index contributed by atoms with van der Waals surface area (Å²) in [6, 6.07) is 7.58. The van der Waals surface area contributed by atoms with E-state index in [1.54, 1.807) is 0 Å². The predicted molar refractivity (Wildman–Crippen MR) is 88.0 cm³/mol. The third-order valence-corrected chi connectivity index (χ3v) is 4.84. The maximum atomic E-state index is 12.7. The standard InChI is InChI=1S/C16H14F3N3O5S/c17-16(18,19)28(23,24)27-15-14(26-11-6-4-10(9-20)5-7-11)13(21-22-15)12-3-1-2-8-25-12/h4-7,12H,1-3,8H2,(H,21,22). The van der Waals surface area contributed by atoms with Crippen LogP contribution in [0.25, 0.3) is 0 Å². The highest BCUT2D eigenvalue weighted by Crippen LogP contribution is 2.42. The maximum absolute atomic E-state index is 12.7. The van der Waals surface area contributed by atoms with E-state index in [0.29, 0.717) is 18.6 Å². The summed E-state index contributed by atoms with van der Waals surface area (Å²) < 4.78 is 76.0. The Hall–Kier alpha value is -2.78. The quantitative estimate of drug-likeness (QED) is 0.584. The van der Waals surface area contributed by atoms with Gasteiger partial charge in [0.25, 0.3) is 5.88 Å². The molecule has 1 fully saturated rings. The van der Waals surface area contributed by atoms with Gasteiger partial charge in [-0.1, -0.05) is 0 Å². The number of hydrogen-bond donors (Lipinski definition) is 1. The van der Waals surface area contributed by atoms with Gasteiger partial charge in [0, 0.05) is 6.61 Å². The molecule has 1 aliphatic rings. The van der Waals surface area contributed by atoms with E-state index in [4.69, 9.17) is 14.7 Å². The van der Waals surface area contributed by atoms with Crippen LogP contribution in [0.1, 0.15) is 36.6 Å². The molecule has 1 N–H and O–H groups in total. The molecule has 0 bridgehead atoms. The van der Waals surface area contributed by atoms with Crippen molar-refractivity contribution >= 4 is 10.1 Å². The first-order valence-corrected chi connectivity index (χ1v) is 9.51. The minimum absolute atomic E-state index is 0.145. The fourth-order valence-corrected chi connectivity index (χ4v) is 2.95. The molecule has 0 amide bonds. The largest absolute Gasteiger partial charge is 0.534 e. The molecule has 1 unspecified atom stereocenters. The molecule has 1 aromatic carbocycles. The van der Waals surface area contributed by atoms with Crippen LogP contribution < -0.4 is 8.92 Å². The van der Waals surface area contributed by atoms with Crippen molar-refractivity contribution in [3.63, 3.8) is 0 Å². The van der Waals surface area contributed by atoms with Crippen molar-refractivity contribution in [2.24, 2.45) is 0 Å². The summed E-state index contributed by atoms with van der Waals surface area (Å²) in [5, 5.41) is 14.8. The second-order valence-electron chi connectivity index (χ2n) is 5.85. The Labute approximate surface area is 157 Å². The molecular weight excluding hydrogens is 403 g/mol. The molecule has 2 heterocycles. The molecule has 8 nitrogen and oxygen atoms in total. The van der Waals surface area contributed by atoms with E-state index in [2.05, 4.69) is 14.4 Å². The van der Waals surface area contributed by atoms with Crippen LogP contribution in [0.15, 0.2) is 24.3 Å². The molecule has 0 saturated carbocycles. The lowest BCUT2D eigenvalue weighted by atomic mass is 10.1. The molecule has 3 rings (SSSR count). The number of ether oxygens (including phenoxy) is 2. The molecule has 1 saturated heterocycles. The average molecular weight is 417 g/mol. The number of H-pyrrole nitrogens is 1. The highest BCUT2D eigenvalue weighted by atomic mass is 32.2. The van der Waals surface area contributed by atoms with Gasteiger partial charge in [-0.15, -0.1) is 5.10 Å². The molecule has 0 radical (unpaired) electrons. The molecule has 28 heavy (non-hydrogen) atoms. The highest BCUT2D eigenvalue weighted by molar-refractivity contribution is 7.88. The van der Waals surface area contributed by atoms with E-state index in [0.717, 1.165) is 12.8 Å². The zero-order valence-corrected chi connectivity index (χ0v) is 15.0. The Morgan fingerprint density at radius 3 is 2.54 bits per heavy atom. The van der Waals surface area contributed by atoms with Crippen molar-refractivity contribution in [2.45, 2.75) is 30.9 Å². The number of rotatable bonds is 5. The monoisotopic (exact) mass is 417 g/mol. The lowest BCUT2D eigenvalue weighted by Gasteiger charge is -2.22. The van der Waals surface area contributed by atoms with Crippen LogP contribution in [-0.2, 0) is 14.9 Å². The van der Waals surface area contributed by atoms with E-state index in [1.165, 1.54) is 24.3 Å². The fourth-order valence-electron chi connectivity index (χ4n) is 2.54. The third kappa shape index (κ3) is 4.20. The van der Waals surface area contributed by atoms with Crippen molar-refractivity contribution in [1.82, 2.24) is 10.2 Å². The molecule has 0 aliphatic carbocycles. The van der Waals surface area contributed by atoms with E-state index < -0.39 is 27.6 Å². The van der Waals surface area contributed by atoms with Crippen LogP contribution in [0.5, 0.6) is 17.4 Å². The number of halogens is 3. The SMILES string of the molecule is N#Cc1ccc(Oc2c(OS(=O)(=O)C(F)(F)F)n[nH]c2C2CCCCO2)cc1. The maximum Gasteiger partial charge on any atom is 0.534 e. The van der Waals surface area contributed by atoms with Gasteiger partial charge in [-0.3, -0.25) is 5.10 Å². The van der Waals surface area contributed by atoms with Crippen LogP contribution in [-0.4, -0.2) is 30.7 Å². The summed E-state index contributed by atoms with van der Waals surface area (Å²) in [4.78, 5) is 0. The number of aromatic nitrogens is 2. The van der Waals surface area contributed by atoms with Gasteiger partial charge in [0.1, 0.15) is 17.5 Å². The van der Waals surface area contributed by atoms with E-state index in [9.17, 15) is 21.6 Å². The summed E-state index contributed by atoms with van der Waals surface area (Å²) in [6.45, 7) is 0.428. The normalized spacial score (nSPS) is 17.7. The van der Waals surface area contributed by atoms with Crippen molar-refractivity contribution in [3.8, 4) is 23.4 Å². The van der Waals surface area contributed by atoms with Gasteiger partial charge in [-0.25, -0.2) is 0 Å². The first kappa shape index (κ1) is 20.0. The number of benzene rings is 1. The molecule has 2 aromatic rings. The van der Waals surface area contributed by atoms with Gasteiger partial charge >= 0.3 is 15.6 Å². The Bertz CT molecular complexity index is 974. The zero-order chi connectivity index (χ0) is 20.4. The van der Waals surface area contributed by atoms with Gasteiger partial charge in [0.2, 0.25) is 5.75 Å². The predicted octanol–water partition coefficient (Wildman–Crippen LogP) is 3.54. The number of alkyl halides is 3. The Morgan fingerprint density at radius 2 is 1.96 bits per heavy atom. The topological polar surface area (TPSA) is 114 Å². The summed E-state index contributed by atoms with van der Waals surface area (Å²) in [7, 11) is -5.94. The first-order chi connectivity index (χ1) is 13.2. The van der Waals surface area contributed by atoms with Crippen LogP contribution in [0.3, 0.4) is 0 Å². The second-order valence-corrected chi connectivity index (χ2v) is 7.39. The van der Waals surface area contributed by atoms with Crippen LogP contribution >= 0.6 is 0 Å². The van der Waals surface area contributed by atoms with Crippen LogP contribution in [0.2, 0.25) is 0 Å². The first-order valence-electron chi connectivity index (χ1n) is 8.10. The van der Waals surface area contributed by atoms with Crippen molar-refractivity contribution in [3.05, 3.63) is 35.5 Å². The van der Waals surface area contributed by atoms with Gasteiger partial charge < -0.3 is 13.7 Å². The summed E-state index contributed by atoms with van der Waals surface area (Å²) in [5.74, 6) is -1.07. The average Bonchev–Trinajstić information content (AvgIpc) is 3.04. The Balaban J connectivity index is 1.97. The summed E-state index contributed by atoms with van der Waals surface area (Å²) in [5.41, 5.74) is -5.12. The smallest absolute Gasteiger partial charge is 0.450 e. The molecule has 12 heteroatoms. The van der Waals surface area contributed by atoms with Gasteiger partial charge in [0.05, 0.1) is 11.6 Å². The minimum atomic E-state index is -5.94. The molecule has 0 spiro atoms. The van der Waals surface area contributed by atoms with Gasteiger partial charge in [-0.2, -0.15) is 26.9 Å². The molecule has 1 atom stereocenters. The van der Waals surface area contributed by atoms with Crippen molar-refractivity contribution in [1.29, 1.82) is 5.26 Å². The van der Waals surface area contributed by atoms with Gasteiger partial charge in [-0.05, 0) is 43.5 Å². The number of aromatic amines is 1. The second kappa shape index (κ2) is 7.69. The Morgan fingerprint density at radius 1 is 1.25 bits per heavy atom. The van der Waals surface area contributed by atoms with Crippen LogP contribution in [0.4, 0.5) is 13.2 Å². The lowest BCUT2D eigenvalue weighted by Crippen LogP contribution is -2.28. The molecular formula is C16H14F3N3O5S. The molecule has 150 valence electrons. The van der Waals surface area contributed by atoms with E-state index in [1.807, 2.05) is 6.07 Å². The molecule has 1 aromatic heterocycles. The minimum Gasteiger partial charge on any atom is -0.450 e. The van der Waals surface area contributed by atoms with E-state index in [-0.39, 0.29) is 17.2 Å². The number of nitriles is 1. The zero-order valence-electron chi connectivity index (χ0n) is 14.2. The van der Waals surface area contributed by atoms with Crippen molar-refractivity contribution < 1.29 is 35.2 Å². The third-order valence-electron chi connectivity index (χ3n) is 3.89. The highest BCUT2D eigenvalue weighted by Gasteiger charge is 2.49. The number of hydrogen-bond acceptors (Lipinski definition) is 7. The number of nitrogens with zero attached hydrogens (tertiary/aromatic N) is 2. The van der Waals surface area contributed by atoms with Gasteiger partial charge in [0.15, 0.2) is 0 Å². The lowest BCUT2D eigenvalue weighted by molar-refractivity contribution is -0.0501. The van der Waals surface area contributed by atoms with Crippen molar-refractivity contribution in [2.75, 3.05) is 6.61 Å². The van der Waals surface area contributed by atoms with Crippen LogP contribution in [0, 0.1) is 11.3 Å². The van der Waals surface area contributed by atoms with E-state index >= 15 is 0 Å². The number of nitrogens with one attached hydrogen (secondary N) is 1. The Kier molecular flexibility index (Phi) is 5.48. The summed E-state index contributed by atoms with van der Waals surface area (Å²) >= 11 is 0. The fraction of sp³-hybridized carbons (Fsp3) is 0.375. The summed E-state index contributed by atoms with van der Waals surface area (Å²) in [6.07, 6.45) is 1.59.